The molecule has 1 aromatic rings. The van der Waals surface area contributed by atoms with E-state index in [-0.39, 0.29) is 0 Å². The van der Waals surface area contributed by atoms with Crippen LogP contribution in [0.25, 0.3) is 0 Å². The number of morpholine rings is 1. The lowest BCUT2D eigenvalue weighted by atomic mass is 10.0. The molecule has 0 saturated carbocycles. The number of likely N-dealkylation sites (tertiary alicyclic amines) is 1. The number of ether oxygens (including phenoxy) is 1. The summed E-state index contributed by atoms with van der Waals surface area (Å²) in [5.74, 6) is 1.18. The van der Waals surface area contributed by atoms with Crippen molar-refractivity contribution in [3.8, 4) is 0 Å². The van der Waals surface area contributed by atoms with Gasteiger partial charge in [-0.15, -0.1) is 0 Å². The molecule has 1 unspecified atom stereocenters. The molecule has 110 valence electrons. The van der Waals surface area contributed by atoms with Gasteiger partial charge in [0.25, 0.3) is 0 Å². The molecule has 1 aromatic heterocycles. The second-order valence-corrected chi connectivity index (χ2v) is 5.71. The van der Waals surface area contributed by atoms with Crippen molar-refractivity contribution >= 4 is 5.82 Å². The zero-order valence-corrected chi connectivity index (χ0v) is 12.4. The van der Waals surface area contributed by atoms with E-state index in [0.29, 0.717) is 6.04 Å². The average molecular weight is 275 g/mol. The molecule has 4 nitrogen and oxygen atoms in total. The molecule has 4 heteroatoms. The van der Waals surface area contributed by atoms with Crippen LogP contribution in [-0.4, -0.2) is 49.3 Å². The first-order valence-electron chi connectivity index (χ1n) is 7.92. The Morgan fingerprint density at radius 3 is 2.95 bits per heavy atom. The summed E-state index contributed by atoms with van der Waals surface area (Å²) in [6.45, 7) is 8.26. The molecule has 2 aliphatic heterocycles. The maximum absolute atomic E-state index is 5.47. The highest BCUT2D eigenvalue weighted by Crippen LogP contribution is 2.36. The van der Waals surface area contributed by atoms with Crippen molar-refractivity contribution in [2.75, 3.05) is 44.3 Å². The van der Waals surface area contributed by atoms with E-state index in [9.17, 15) is 0 Å². The summed E-state index contributed by atoms with van der Waals surface area (Å²) in [4.78, 5) is 9.70. The Kier molecular flexibility index (Phi) is 4.53. The van der Waals surface area contributed by atoms with Gasteiger partial charge in [-0.05, 0) is 38.4 Å². The lowest BCUT2D eigenvalue weighted by molar-refractivity contribution is 0.122. The molecular formula is C16H25N3O. The number of hydrogen-bond acceptors (Lipinski definition) is 4. The van der Waals surface area contributed by atoms with Crippen molar-refractivity contribution in [3.05, 3.63) is 23.9 Å². The fraction of sp³-hybridized carbons (Fsp3) is 0.688. The summed E-state index contributed by atoms with van der Waals surface area (Å²) < 4.78 is 5.47. The zero-order chi connectivity index (χ0) is 13.8. The SMILES string of the molecule is CCCN1CCCC1c1cccnc1N1CCOCC1. The number of nitrogens with zero attached hydrogens (tertiary/aromatic N) is 3. The lowest BCUT2D eigenvalue weighted by Gasteiger charge is -2.32. The molecule has 3 rings (SSSR count). The highest BCUT2D eigenvalue weighted by atomic mass is 16.5. The van der Waals surface area contributed by atoms with E-state index in [1.54, 1.807) is 0 Å². The Morgan fingerprint density at radius 1 is 1.30 bits per heavy atom. The maximum atomic E-state index is 5.47. The van der Waals surface area contributed by atoms with Crippen LogP contribution in [0, 0.1) is 0 Å². The molecule has 0 aliphatic carbocycles. The second-order valence-electron chi connectivity index (χ2n) is 5.71. The molecule has 0 amide bonds. The number of rotatable bonds is 4. The van der Waals surface area contributed by atoms with E-state index >= 15 is 0 Å². The van der Waals surface area contributed by atoms with E-state index in [1.165, 1.54) is 43.7 Å². The molecule has 1 atom stereocenters. The third-order valence-electron chi connectivity index (χ3n) is 4.36. The van der Waals surface area contributed by atoms with Crippen molar-refractivity contribution in [1.29, 1.82) is 0 Å². The molecule has 3 heterocycles. The van der Waals surface area contributed by atoms with Crippen molar-refractivity contribution in [2.45, 2.75) is 32.2 Å². The predicted octanol–water partition coefficient (Wildman–Crippen LogP) is 2.47. The Morgan fingerprint density at radius 2 is 2.15 bits per heavy atom. The summed E-state index contributed by atoms with van der Waals surface area (Å²) in [5, 5.41) is 0. The van der Waals surface area contributed by atoms with E-state index in [4.69, 9.17) is 4.74 Å². The van der Waals surface area contributed by atoms with Crippen LogP contribution >= 0.6 is 0 Å². The van der Waals surface area contributed by atoms with Crippen molar-refractivity contribution in [3.63, 3.8) is 0 Å². The smallest absolute Gasteiger partial charge is 0.133 e. The topological polar surface area (TPSA) is 28.6 Å². The van der Waals surface area contributed by atoms with Crippen LogP contribution in [0.3, 0.4) is 0 Å². The van der Waals surface area contributed by atoms with Gasteiger partial charge in [0.1, 0.15) is 5.82 Å². The number of anilines is 1. The molecule has 0 spiro atoms. The monoisotopic (exact) mass is 275 g/mol. The van der Waals surface area contributed by atoms with E-state index in [2.05, 4.69) is 33.8 Å². The van der Waals surface area contributed by atoms with Gasteiger partial charge in [-0.1, -0.05) is 13.0 Å². The van der Waals surface area contributed by atoms with E-state index in [0.717, 1.165) is 26.3 Å². The number of pyridine rings is 1. The van der Waals surface area contributed by atoms with Crippen molar-refractivity contribution in [1.82, 2.24) is 9.88 Å². The molecule has 2 aliphatic rings. The minimum absolute atomic E-state index is 0.557. The third kappa shape index (κ3) is 2.81. The molecule has 20 heavy (non-hydrogen) atoms. The fourth-order valence-electron chi connectivity index (χ4n) is 3.44. The van der Waals surface area contributed by atoms with Crippen LogP contribution in [0.4, 0.5) is 5.82 Å². The van der Waals surface area contributed by atoms with Crippen LogP contribution in [0.2, 0.25) is 0 Å². The molecular weight excluding hydrogens is 250 g/mol. The Hall–Kier alpha value is -1.13. The van der Waals surface area contributed by atoms with E-state index < -0.39 is 0 Å². The third-order valence-corrected chi connectivity index (χ3v) is 4.36. The van der Waals surface area contributed by atoms with Gasteiger partial charge in [-0.25, -0.2) is 4.98 Å². The largest absolute Gasteiger partial charge is 0.378 e. The molecule has 2 saturated heterocycles. The van der Waals surface area contributed by atoms with Gasteiger partial charge in [-0.2, -0.15) is 0 Å². The van der Waals surface area contributed by atoms with Crippen LogP contribution < -0.4 is 4.90 Å². The number of aromatic nitrogens is 1. The Labute approximate surface area is 121 Å². The molecule has 2 fully saturated rings. The van der Waals surface area contributed by atoms with Crippen LogP contribution in [0.5, 0.6) is 0 Å². The first kappa shape index (κ1) is 13.8. The van der Waals surface area contributed by atoms with Gasteiger partial charge < -0.3 is 9.64 Å². The Balaban J connectivity index is 1.85. The molecule has 0 radical (unpaired) electrons. The molecule has 0 N–H and O–H groups in total. The van der Waals surface area contributed by atoms with Gasteiger partial charge in [-0.3, -0.25) is 4.90 Å². The first-order valence-corrected chi connectivity index (χ1v) is 7.92. The molecule has 0 aromatic carbocycles. The lowest BCUT2D eigenvalue weighted by Crippen LogP contribution is -2.38. The number of hydrogen-bond donors (Lipinski definition) is 0. The van der Waals surface area contributed by atoms with Gasteiger partial charge in [0, 0.05) is 30.9 Å². The van der Waals surface area contributed by atoms with E-state index in [1.807, 2.05) is 6.20 Å². The first-order chi connectivity index (χ1) is 9.90. The predicted molar refractivity (Wildman–Crippen MR) is 81.1 cm³/mol. The van der Waals surface area contributed by atoms with Crippen LogP contribution in [0.15, 0.2) is 18.3 Å². The zero-order valence-electron chi connectivity index (χ0n) is 12.4. The fourth-order valence-corrected chi connectivity index (χ4v) is 3.44. The van der Waals surface area contributed by atoms with Gasteiger partial charge in [0.05, 0.1) is 13.2 Å². The maximum Gasteiger partial charge on any atom is 0.133 e. The molecule has 0 bridgehead atoms. The Bertz CT molecular complexity index is 431. The summed E-state index contributed by atoms with van der Waals surface area (Å²) in [6.07, 6.45) is 5.72. The summed E-state index contributed by atoms with van der Waals surface area (Å²) >= 11 is 0. The summed E-state index contributed by atoms with van der Waals surface area (Å²) in [7, 11) is 0. The summed E-state index contributed by atoms with van der Waals surface area (Å²) in [6, 6.07) is 4.92. The average Bonchev–Trinajstić information content (AvgIpc) is 2.97. The second kappa shape index (κ2) is 6.55. The van der Waals surface area contributed by atoms with Gasteiger partial charge in [0.15, 0.2) is 0 Å². The van der Waals surface area contributed by atoms with Crippen LogP contribution in [0.1, 0.15) is 37.8 Å². The minimum atomic E-state index is 0.557. The van der Waals surface area contributed by atoms with Crippen LogP contribution in [-0.2, 0) is 4.74 Å². The van der Waals surface area contributed by atoms with Crippen molar-refractivity contribution in [2.24, 2.45) is 0 Å². The van der Waals surface area contributed by atoms with Gasteiger partial charge in [0.2, 0.25) is 0 Å². The highest BCUT2D eigenvalue weighted by Gasteiger charge is 2.29. The van der Waals surface area contributed by atoms with Crippen molar-refractivity contribution < 1.29 is 4.74 Å². The van der Waals surface area contributed by atoms with Gasteiger partial charge >= 0.3 is 0 Å². The normalized spacial score (nSPS) is 24.2. The standard InChI is InChI=1S/C16H25N3O/c1-2-8-18-9-4-6-15(18)14-5-3-7-17-16(14)19-10-12-20-13-11-19/h3,5,7,15H,2,4,6,8-13H2,1H3. The minimum Gasteiger partial charge on any atom is -0.378 e. The quantitative estimate of drug-likeness (QED) is 0.844. The summed E-state index contributed by atoms with van der Waals surface area (Å²) in [5.41, 5.74) is 1.42. The highest BCUT2D eigenvalue weighted by molar-refractivity contribution is 5.49.